The standard InChI is InChI=1S/C11H13BrF2O/c1-8(7-10(15)11(12,13)14)9-5-3-2-4-6-9/h2-6,8,10,15H,7H2,1H3. The van der Waals surface area contributed by atoms with Gasteiger partial charge < -0.3 is 5.11 Å². The van der Waals surface area contributed by atoms with Gasteiger partial charge in [-0.2, -0.15) is 8.78 Å². The zero-order valence-corrected chi connectivity index (χ0v) is 9.92. The summed E-state index contributed by atoms with van der Waals surface area (Å²) in [6.07, 6.45) is -1.63. The molecule has 2 atom stereocenters. The van der Waals surface area contributed by atoms with Crippen molar-refractivity contribution in [1.29, 1.82) is 0 Å². The maximum atomic E-state index is 12.7. The van der Waals surface area contributed by atoms with Crippen molar-refractivity contribution in [3.05, 3.63) is 35.9 Å². The summed E-state index contributed by atoms with van der Waals surface area (Å²) >= 11 is 2.16. The fraction of sp³-hybridized carbons (Fsp3) is 0.455. The Morgan fingerprint density at radius 3 is 2.33 bits per heavy atom. The molecule has 0 fully saturated rings. The van der Waals surface area contributed by atoms with Crippen LogP contribution in [0.25, 0.3) is 0 Å². The molecule has 0 radical (unpaired) electrons. The van der Waals surface area contributed by atoms with E-state index in [4.69, 9.17) is 0 Å². The average molecular weight is 279 g/mol. The van der Waals surface area contributed by atoms with E-state index in [1.54, 1.807) is 0 Å². The van der Waals surface area contributed by atoms with Gasteiger partial charge in [-0.15, -0.1) is 0 Å². The minimum atomic E-state index is -3.21. The van der Waals surface area contributed by atoms with E-state index in [2.05, 4.69) is 15.9 Å². The van der Waals surface area contributed by atoms with Gasteiger partial charge in [0.2, 0.25) is 0 Å². The summed E-state index contributed by atoms with van der Waals surface area (Å²) in [6.45, 7) is 1.82. The molecule has 1 aromatic rings. The fourth-order valence-electron chi connectivity index (χ4n) is 1.39. The number of aliphatic hydroxyl groups is 1. The number of hydrogen-bond donors (Lipinski definition) is 1. The Hall–Kier alpha value is -0.480. The molecule has 0 aliphatic carbocycles. The molecule has 0 saturated carbocycles. The van der Waals surface area contributed by atoms with Crippen molar-refractivity contribution < 1.29 is 13.9 Å². The molecule has 0 aliphatic heterocycles. The highest BCUT2D eigenvalue weighted by Gasteiger charge is 2.35. The summed E-state index contributed by atoms with van der Waals surface area (Å²) in [6, 6.07) is 9.30. The minimum absolute atomic E-state index is 0.0300. The lowest BCUT2D eigenvalue weighted by Crippen LogP contribution is -2.28. The molecule has 0 bridgehead atoms. The van der Waals surface area contributed by atoms with Gasteiger partial charge in [-0.05, 0) is 33.8 Å². The Morgan fingerprint density at radius 2 is 1.87 bits per heavy atom. The van der Waals surface area contributed by atoms with Crippen LogP contribution in [0.3, 0.4) is 0 Å². The number of benzene rings is 1. The number of alkyl halides is 3. The van der Waals surface area contributed by atoms with Gasteiger partial charge in [0.05, 0.1) is 0 Å². The van der Waals surface area contributed by atoms with Crippen LogP contribution in [0.1, 0.15) is 24.8 Å². The molecule has 2 unspecified atom stereocenters. The first-order chi connectivity index (χ1) is 6.91. The monoisotopic (exact) mass is 278 g/mol. The molecule has 0 amide bonds. The Kier molecular flexibility index (Phi) is 4.22. The van der Waals surface area contributed by atoms with Crippen LogP contribution < -0.4 is 0 Å². The Balaban J connectivity index is 2.61. The summed E-state index contributed by atoms with van der Waals surface area (Å²) in [7, 11) is 0. The van der Waals surface area contributed by atoms with E-state index < -0.39 is 10.9 Å². The molecule has 0 saturated heterocycles. The van der Waals surface area contributed by atoms with Crippen LogP contribution >= 0.6 is 15.9 Å². The van der Waals surface area contributed by atoms with Gasteiger partial charge in [-0.25, -0.2) is 0 Å². The molecule has 1 N–H and O–H groups in total. The Bertz CT molecular complexity index is 297. The number of aliphatic hydroxyl groups excluding tert-OH is 1. The zero-order valence-electron chi connectivity index (χ0n) is 8.33. The van der Waals surface area contributed by atoms with Crippen molar-refractivity contribution in [3.63, 3.8) is 0 Å². The second kappa shape index (κ2) is 5.03. The number of rotatable bonds is 4. The lowest BCUT2D eigenvalue weighted by Gasteiger charge is -2.20. The summed E-state index contributed by atoms with van der Waals surface area (Å²) in [5.41, 5.74) is 0.952. The molecule has 1 nitrogen and oxygen atoms in total. The topological polar surface area (TPSA) is 20.2 Å². The smallest absolute Gasteiger partial charge is 0.326 e. The molecule has 0 aromatic heterocycles. The molecule has 1 aromatic carbocycles. The molecule has 84 valence electrons. The van der Waals surface area contributed by atoms with Crippen LogP contribution in [0.5, 0.6) is 0 Å². The van der Waals surface area contributed by atoms with Gasteiger partial charge in [0.25, 0.3) is 0 Å². The third kappa shape index (κ3) is 3.87. The fourth-order valence-corrected chi connectivity index (χ4v) is 1.57. The van der Waals surface area contributed by atoms with Crippen molar-refractivity contribution in [1.82, 2.24) is 0 Å². The summed E-state index contributed by atoms with van der Waals surface area (Å²) in [4.78, 5) is -3.21. The molecule has 0 heterocycles. The first-order valence-corrected chi connectivity index (χ1v) is 5.50. The molecule has 0 spiro atoms. The van der Waals surface area contributed by atoms with E-state index in [0.717, 1.165) is 5.56 Å². The summed E-state index contributed by atoms with van der Waals surface area (Å²) in [5.74, 6) is -0.0929. The van der Waals surface area contributed by atoms with Crippen LogP contribution in [-0.2, 0) is 0 Å². The van der Waals surface area contributed by atoms with Crippen LogP contribution in [-0.4, -0.2) is 16.0 Å². The Morgan fingerprint density at radius 1 is 1.33 bits per heavy atom. The second-order valence-corrected chi connectivity index (χ2v) is 4.66. The van der Waals surface area contributed by atoms with Gasteiger partial charge in [0.1, 0.15) is 6.10 Å². The van der Waals surface area contributed by atoms with E-state index in [-0.39, 0.29) is 12.3 Å². The average Bonchev–Trinajstić information content (AvgIpc) is 2.17. The van der Waals surface area contributed by atoms with Crippen LogP contribution in [0.4, 0.5) is 8.78 Å². The van der Waals surface area contributed by atoms with E-state index in [0.29, 0.717) is 0 Å². The predicted molar refractivity (Wildman–Crippen MR) is 59.4 cm³/mol. The molecule has 1 rings (SSSR count). The molecular weight excluding hydrogens is 266 g/mol. The van der Waals surface area contributed by atoms with Gasteiger partial charge in [0.15, 0.2) is 0 Å². The highest BCUT2D eigenvalue weighted by molar-refractivity contribution is 9.10. The normalized spacial score (nSPS) is 16.1. The zero-order chi connectivity index (χ0) is 11.5. The molecule has 15 heavy (non-hydrogen) atoms. The van der Waals surface area contributed by atoms with Crippen molar-refractivity contribution in [2.75, 3.05) is 0 Å². The SMILES string of the molecule is CC(CC(O)C(F)(F)Br)c1ccccc1. The van der Waals surface area contributed by atoms with Gasteiger partial charge >= 0.3 is 4.83 Å². The number of halogens is 3. The van der Waals surface area contributed by atoms with E-state index >= 15 is 0 Å². The maximum absolute atomic E-state index is 12.7. The third-order valence-corrected chi connectivity index (χ3v) is 2.85. The summed E-state index contributed by atoms with van der Waals surface area (Å²) in [5, 5.41) is 9.22. The van der Waals surface area contributed by atoms with Gasteiger partial charge in [-0.3, -0.25) is 0 Å². The molecule has 0 aliphatic rings. The van der Waals surface area contributed by atoms with E-state index in [1.807, 2.05) is 37.3 Å². The Labute approximate surface area is 96.2 Å². The van der Waals surface area contributed by atoms with Crippen LogP contribution in [0, 0.1) is 0 Å². The molecular formula is C11H13BrF2O. The van der Waals surface area contributed by atoms with Crippen molar-refractivity contribution in [2.45, 2.75) is 30.2 Å². The lowest BCUT2D eigenvalue weighted by molar-refractivity contribution is -0.0343. The van der Waals surface area contributed by atoms with Crippen LogP contribution in [0.15, 0.2) is 30.3 Å². The van der Waals surface area contributed by atoms with Gasteiger partial charge in [0, 0.05) is 0 Å². The van der Waals surface area contributed by atoms with Crippen molar-refractivity contribution >= 4 is 15.9 Å². The van der Waals surface area contributed by atoms with Gasteiger partial charge in [-0.1, -0.05) is 37.3 Å². The highest BCUT2D eigenvalue weighted by atomic mass is 79.9. The minimum Gasteiger partial charge on any atom is -0.386 e. The first kappa shape index (κ1) is 12.6. The summed E-state index contributed by atoms with van der Waals surface area (Å²) < 4.78 is 25.3. The molecule has 4 heteroatoms. The third-order valence-electron chi connectivity index (χ3n) is 2.32. The van der Waals surface area contributed by atoms with Crippen molar-refractivity contribution in [3.8, 4) is 0 Å². The second-order valence-electron chi connectivity index (χ2n) is 3.60. The lowest BCUT2D eigenvalue weighted by atomic mass is 9.95. The largest absolute Gasteiger partial charge is 0.386 e. The predicted octanol–water partition coefficient (Wildman–Crippen LogP) is 3.53. The van der Waals surface area contributed by atoms with Crippen LogP contribution in [0.2, 0.25) is 0 Å². The number of hydrogen-bond acceptors (Lipinski definition) is 1. The maximum Gasteiger partial charge on any atom is 0.326 e. The van der Waals surface area contributed by atoms with E-state index in [1.165, 1.54) is 0 Å². The first-order valence-electron chi connectivity index (χ1n) is 4.71. The highest BCUT2D eigenvalue weighted by Crippen LogP contribution is 2.32. The quantitative estimate of drug-likeness (QED) is 0.836. The van der Waals surface area contributed by atoms with E-state index in [9.17, 15) is 13.9 Å². The van der Waals surface area contributed by atoms with Crippen molar-refractivity contribution in [2.24, 2.45) is 0 Å².